The summed E-state index contributed by atoms with van der Waals surface area (Å²) in [4.78, 5) is 27.7. The summed E-state index contributed by atoms with van der Waals surface area (Å²) in [6.45, 7) is 9.79. The minimum atomic E-state index is -0.604. The minimum absolute atomic E-state index is 0.178. The van der Waals surface area contributed by atoms with Crippen molar-refractivity contribution in [1.29, 1.82) is 0 Å². The maximum absolute atomic E-state index is 13.1. The zero-order chi connectivity index (χ0) is 22.3. The van der Waals surface area contributed by atoms with Gasteiger partial charge in [-0.3, -0.25) is 9.59 Å². The Kier molecular flexibility index (Phi) is 8.30. The van der Waals surface area contributed by atoms with Gasteiger partial charge in [0, 0.05) is 12.1 Å². The maximum atomic E-state index is 13.1. The Labute approximate surface area is 184 Å². The van der Waals surface area contributed by atoms with Crippen LogP contribution in [-0.4, -0.2) is 34.9 Å². The molecule has 0 aliphatic rings. The van der Waals surface area contributed by atoms with Crippen LogP contribution >= 0.6 is 11.6 Å². The number of carbonyl (C=O) groups excluding carboxylic acids is 2. The molecule has 162 valence electrons. The van der Waals surface area contributed by atoms with Crippen LogP contribution in [0.1, 0.15) is 45.2 Å². The van der Waals surface area contributed by atoms with Crippen molar-refractivity contribution in [2.24, 2.45) is 0 Å². The van der Waals surface area contributed by atoms with Crippen LogP contribution in [0.4, 0.5) is 0 Å². The highest BCUT2D eigenvalue weighted by atomic mass is 35.5. The van der Waals surface area contributed by atoms with Gasteiger partial charge < -0.3 is 15.0 Å². The lowest BCUT2D eigenvalue weighted by atomic mass is 10.1. The zero-order valence-corrected chi connectivity index (χ0v) is 19.1. The van der Waals surface area contributed by atoms with Gasteiger partial charge in [0.2, 0.25) is 5.91 Å². The summed E-state index contributed by atoms with van der Waals surface area (Å²) in [5.74, 6) is -0.00963. The van der Waals surface area contributed by atoms with Gasteiger partial charge in [0.05, 0.1) is 5.02 Å². The Morgan fingerprint density at radius 3 is 2.30 bits per heavy atom. The Bertz CT molecular complexity index is 859. The molecule has 2 rings (SSSR count). The molecule has 0 aliphatic heterocycles. The average molecular weight is 431 g/mol. The van der Waals surface area contributed by atoms with Crippen LogP contribution in [-0.2, 0) is 16.1 Å². The third-order valence-electron chi connectivity index (χ3n) is 4.55. The van der Waals surface area contributed by atoms with Crippen LogP contribution in [0.3, 0.4) is 0 Å². The van der Waals surface area contributed by atoms with Crippen molar-refractivity contribution >= 4 is 23.4 Å². The molecule has 0 fully saturated rings. The van der Waals surface area contributed by atoms with E-state index in [1.165, 1.54) is 0 Å². The third kappa shape index (κ3) is 7.06. The Hall–Kier alpha value is -2.53. The summed E-state index contributed by atoms with van der Waals surface area (Å²) in [6.07, 6.45) is 0.492. The minimum Gasteiger partial charge on any atom is -0.482 e. The second-order valence-electron chi connectivity index (χ2n) is 8.39. The summed E-state index contributed by atoms with van der Waals surface area (Å²) in [7, 11) is 0. The van der Waals surface area contributed by atoms with Crippen LogP contribution in [0.15, 0.2) is 48.5 Å². The summed E-state index contributed by atoms with van der Waals surface area (Å²) in [6, 6.07) is 14.3. The molecule has 0 saturated carbocycles. The lowest BCUT2D eigenvalue weighted by Gasteiger charge is -2.33. The highest BCUT2D eigenvalue weighted by Gasteiger charge is 2.30. The van der Waals surface area contributed by atoms with Crippen molar-refractivity contribution in [2.75, 3.05) is 6.61 Å². The number of nitrogens with one attached hydrogen (secondary N) is 1. The first kappa shape index (κ1) is 23.7. The van der Waals surface area contributed by atoms with E-state index in [-0.39, 0.29) is 18.4 Å². The van der Waals surface area contributed by atoms with E-state index in [0.717, 1.165) is 11.1 Å². The van der Waals surface area contributed by atoms with Gasteiger partial charge in [0.1, 0.15) is 11.8 Å². The second kappa shape index (κ2) is 10.5. The van der Waals surface area contributed by atoms with E-state index in [0.29, 0.717) is 23.7 Å². The van der Waals surface area contributed by atoms with Crippen molar-refractivity contribution in [3.63, 3.8) is 0 Å². The summed E-state index contributed by atoms with van der Waals surface area (Å²) < 4.78 is 5.66. The van der Waals surface area contributed by atoms with Crippen LogP contribution in [0.5, 0.6) is 5.75 Å². The van der Waals surface area contributed by atoms with E-state index in [1.54, 1.807) is 29.2 Å². The van der Waals surface area contributed by atoms with Crippen LogP contribution < -0.4 is 10.1 Å². The first-order valence-corrected chi connectivity index (χ1v) is 10.5. The number of ether oxygens (including phenoxy) is 1. The number of hydrogen-bond acceptors (Lipinski definition) is 3. The van der Waals surface area contributed by atoms with Crippen molar-refractivity contribution in [2.45, 2.75) is 59.2 Å². The van der Waals surface area contributed by atoms with E-state index in [2.05, 4.69) is 5.32 Å². The van der Waals surface area contributed by atoms with E-state index in [1.807, 2.05) is 58.9 Å². The predicted molar refractivity (Wildman–Crippen MR) is 121 cm³/mol. The quantitative estimate of drug-likeness (QED) is 0.657. The van der Waals surface area contributed by atoms with E-state index in [9.17, 15) is 9.59 Å². The molecular formula is C24H31ClN2O3. The smallest absolute Gasteiger partial charge is 0.261 e. The molecular weight excluding hydrogens is 400 g/mol. The van der Waals surface area contributed by atoms with Gasteiger partial charge >= 0.3 is 0 Å². The molecule has 5 nitrogen and oxygen atoms in total. The molecule has 2 amide bonds. The summed E-state index contributed by atoms with van der Waals surface area (Å²) >= 11 is 6.13. The number of nitrogens with zero attached hydrogens (tertiary/aromatic N) is 1. The Balaban J connectivity index is 2.24. The maximum Gasteiger partial charge on any atom is 0.261 e. The largest absolute Gasteiger partial charge is 0.482 e. The van der Waals surface area contributed by atoms with Gasteiger partial charge in [-0.25, -0.2) is 0 Å². The number of aryl methyl sites for hydroxylation is 1. The standard InChI is InChI=1S/C24H31ClN2O3/c1-6-20(23(29)26-24(3,4)5)27(15-18-13-11-17(2)12-14-18)22(28)16-30-21-10-8-7-9-19(21)25/h7-14,20H,6,15-16H2,1-5H3,(H,26,29)/t20-/m0/s1. The molecule has 0 saturated heterocycles. The first-order valence-electron chi connectivity index (χ1n) is 10.1. The summed E-state index contributed by atoms with van der Waals surface area (Å²) in [5.41, 5.74) is 1.70. The van der Waals surface area contributed by atoms with Crippen LogP contribution in [0.2, 0.25) is 5.02 Å². The molecule has 0 aromatic heterocycles. The topological polar surface area (TPSA) is 58.6 Å². The van der Waals surface area contributed by atoms with Gasteiger partial charge in [-0.05, 0) is 51.8 Å². The van der Waals surface area contributed by atoms with Crippen molar-refractivity contribution in [3.8, 4) is 5.75 Å². The van der Waals surface area contributed by atoms with Gasteiger partial charge in [0.25, 0.3) is 5.91 Å². The number of halogens is 1. The lowest BCUT2D eigenvalue weighted by Crippen LogP contribution is -2.54. The second-order valence-corrected chi connectivity index (χ2v) is 8.80. The van der Waals surface area contributed by atoms with Crippen LogP contribution in [0, 0.1) is 6.92 Å². The lowest BCUT2D eigenvalue weighted by molar-refractivity contribution is -0.143. The molecule has 0 bridgehead atoms. The van der Waals surface area contributed by atoms with Gasteiger partial charge in [-0.2, -0.15) is 0 Å². The fourth-order valence-corrected chi connectivity index (χ4v) is 3.24. The molecule has 30 heavy (non-hydrogen) atoms. The Morgan fingerprint density at radius 2 is 1.73 bits per heavy atom. The number of hydrogen-bond donors (Lipinski definition) is 1. The van der Waals surface area contributed by atoms with Crippen LogP contribution in [0.25, 0.3) is 0 Å². The normalized spacial score (nSPS) is 12.2. The first-order chi connectivity index (χ1) is 14.1. The van der Waals surface area contributed by atoms with Crippen molar-refractivity contribution in [3.05, 3.63) is 64.7 Å². The number of rotatable bonds is 8. The molecule has 1 N–H and O–H groups in total. The number of carbonyl (C=O) groups is 2. The molecule has 2 aromatic rings. The van der Waals surface area contributed by atoms with E-state index >= 15 is 0 Å². The molecule has 2 aromatic carbocycles. The zero-order valence-electron chi connectivity index (χ0n) is 18.4. The monoisotopic (exact) mass is 430 g/mol. The van der Waals surface area contributed by atoms with Crippen molar-refractivity contribution < 1.29 is 14.3 Å². The molecule has 0 spiro atoms. The van der Waals surface area contributed by atoms with E-state index in [4.69, 9.17) is 16.3 Å². The predicted octanol–water partition coefficient (Wildman–Crippen LogP) is 4.75. The van der Waals surface area contributed by atoms with E-state index < -0.39 is 11.6 Å². The molecule has 1 atom stereocenters. The summed E-state index contributed by atoms with van der Waals surface area (Å²) in [5, 5.41) is 3.43. The average Bonchev–Trinajstić information content (AvgIpc) is 2.67. The SMILES string of the molecule is CC[C@@H](C(=O)NC(C)(C)C)N(Cc1ccc(C)cc1)C(=O)COc1ccccc1Cl. The van der Waals surface area contributed by atoms with Gasteiger partial charge in [0.15, 0.2) is 6.61 Å². The molecule has 0 unspecified atom stereocenters. The molecule has 0 aliphatic carbocycles. The Morgan fingerprint density at radius 1 is 1.10 bits per heavy atom. The third-order valence-corrected chi connectivity index (χ3v) is 4.86. The number of benzene rings is 2. The highest BCUT2D eigenvalue weighted by Crippen LogP contribution is 2.23. The van der Waals surface area contributed by atoms with Gasteiger partial charge in [-0.1, -0.05) is 60.5 Å². The molecule has 6 heteroatoms. The molecule has 0 radical (unpaired) electrons. The highest BCUT2D eigenvalue weighted by molar-refractivity contribution is 6.32. The number of amides is 2. The fourth-order valence-electron chi connectivity index (χ4n) is 3.05. The van der Waals surface area contributed by atoms with Gasteiger partial charge in [-0.15, -0.1) is 0 Å². The fraction of sp³-hybridized carbons (Fsp3) is 0.417. The molecule has 0 heterocycles. The number of para-hydroxylation sites is 1. The van der Waals surface area contributed by atoms with Crippen molar-refractivity contribution in [1.82, 2.24) is 10.2 Å².